The van der Waals surface area contributed by atoms with Crippen LogP contribution in [0.15, 0.2) is 18.2 Å². The molecule has 1 aromatic rings. The molecule has 0 radical (unpaired) electrons. The Kier molecular flexibility index (Phi) is 6.32. The molecule has 1 atom stereocenters. The highest BCUT2D eigenvalue weighted by Gasteiger charge is 2.36. The fourth-order valence-electron chi connectivity index (χ4n) is 3.60. The monoisotopic (exact) mass is 373 g/mol. The third-order valence-corrected chi connectivity index (χ3v) is 5.04. The summed E-state index contributed by atoms with van der Waals surface area (Å²) in [6.45, 7) is 3.27. The number of anilines is 2. The Bertz CT molecular complexity index is 719. The van der Waals surface area contributed by atoms with Gasteiger partial charge in [0.2, 0.25) is 5.91 Å². The van der Waals surface area contributed by atoms with Crippen molar-refractivity contribution >= 4 is 29.2 Å². The molecule has 2 aliphatic heterocycles. The van der Waals surface area contributed by atoms with Crippen LogP contribution in [-0.4, -0.2) is 43.5 Å². The molecule has 0 spiro atoms. The number of carbonyl (C=O) groups is 3. The number of rotatable bonds is 8. The summed E-state index contributed by atoms with van der Waals surface area (Å²) < 4.78 is 5.10. The molecule has 146 valence electrons. The molecule has 27 heavy (non-hydrogen) atoms. The minimum absolute atomic E-state index is 0.0343. The van der Waals surface area contributed by atoms with Gasteiger partial charge in [0.05, 0.1) is 16.9 Å². The summed E-state index contributed by atoms with van der Waals surface area (Å²) in [5.41, 5.74) is 1.87. The molecule has 7 heteroatoms. The Hall–Kier alpha value is -2.57. The SMILES string of the molecule is CCCCCCNC(=O)COC(=O)c1ccc2c(c1)NC(=O)[C@@H]1CCCN21. The van der Waals surface area contributed by atoms with Crippen LogP contribution in [0.25, 0.3) is 0 Å². The second kappa shape index (κ2) is 8.88. The lowest BCUT2D eigenvalue weighted by Gasteiger charge is -2.33. The fraction of sp³-hybridized carbons (Fsp3) is 0.550. The van der Waals surface area contributed by atoms with E-state index in [9.17, 15) is 14.4 Å². The lowest BCUT2D eigenvalue weighted by Crippen LogP contribution is -2.43. The van der Waals surface area contributed by atoms with Crippen molar-refractivity contribution < 1.29 is 19.1 Å². The Morgan fingerprint density at radius 1 is 1.30 bits per heavy atom. The Balaban J connectivity index is 1.52. The van der Waals surface area contributed by atoms with Gasteiger partial charge in [-0.2, -0.15) is 0 Å². The third-order valence-electron chi connectivity index (χ3n) is 5.04. The molecule has 0 aliphatic carbocycles. The van der Waals surface area contributed by atoms with E-state index in [2.05, 4.69) is 22.5 Å². The van der Waals surface area contributed by atoms with E-state index in [1.54, 1.807) is 12.1 Å². The van der Waals surface area contributed by atoms with Crippen molar-refractivity contribution in [3.05, 3.63) is 23.8 Å². The van der Waals surface area contributed by atoms with Gasteiger partial charge in [-0.1, -0.05) is 26.2 Å². The van der Waals surface area contributed by atoms with Crippen LogP contribution in [-0.2, 0) is 14.3 Å². The van der Waals surface area contributed by atoms with Gasteiger partial charge in [0.1, 0.15) is 6.04 Å². The number of unbranched alkanes of at least 4 members (excludes halogenated alkanes) is 3. The van der Waals surface area contributed by atoms with Gasteiger partial charge in [0, 0.05) is 13.1 Å². The first kappa shape index (κ1) is 19.2. The summed E-state index contributed by atoms with van der Waals surface area (Å²) in [7, 11) is 0. The maximum atomic E-state index is 12.2. The van der Waals surface area contributed by atoms with Crippen molar-refractivity contribution in [3.8, 4) is 0 Å². The van der Waals surface area contributed by atoms with Crippen molar-refractivity contribution in [1.82, 2.24) is 5.32 Å². The van der Waals surface area contributed by atoms with Crippen LogP contribution in [0.2, 0.25) is 0 Å². The van der Waals surface area contributed by atoms with Gasteiger partial charge in [-0.3, -0.25) is 9.59 Å². The summed E-state index contributed by atoms with van der Waals surface area (Å²) in [4.78, 5) is 38.2. The van der Waals surface area contributed by atoms with Crippen LogP contribution in [0.5, 0.6) is 0 Å². The molecule has 0 unspecified atom stereocenters. The predicted molar refractivity (Wildman–Crippen MR) is 103 cm³/mol. The van der Waals surface area contributed by atoms with Gasteiger partial charge in [0.25, 0.3) is 5.91 Å². The first-order valence-corrected chi connectivity index (χ1v) is 9.75. The molecule has 7 nitrogen and oxygen atoms in total. The third kappa shape index (κ3) is 4.59. The highest BCUT2D eigenvalue weighted by atomic mass is 16.5. The van der Waals surface area contributed by atoms with E-state index in [0.29, 0.717) is 17.8 Å². The zero-order valence-electron chi connectivity index (χ0n) is 15.8. The van der Waals surface area contributed by atoms with E-state index in [0.717, 1.165) is 50.8 Å². The Morgan fingerprint density at radius 2 is 2.15 bits per heavy atom. The topological polar surface area (TPSA) is 87.7 Å². The average Bonchev–Trinajstić information content (AvgIpc) is 3.16. The normalized spacial score (nSPS) is 17.7. The molecule has 1 saturated heterocycles. The lowest BCUT2D eigenvalue weighted by atomic mass is 10.1. The molecule has 0 bridgehead atoms. The summed E-state index contributed by atoms with van der Waals surface area (Å²) in [6.07, 6.45) is 6.13. The minimum atomic E-state index is -0.572. The van der Waals surface area contributed by atoms with Gasteiger partial charge >= 0.3 is 5.97 Å². The number of fused-ring (bicyclic) bond motifs is 3. The quantitative estimate of drug-likeness (QED) is 0.540. The smallest absolute Gasteiger partial charge is 0.338 e. The minimum Gasteiger partial charge on any atom is -0.452 e. The van der Waals surface area contributed by atoms with Gasteiger partial charge < -0.3 is 20.3 Å². The van der Waals surface area contributed by atoms with Crippen molar-refractivity contribution in [2.45, 2.75) is 51.5 Å². The molecular formula is C20H27N3O4. The van der Waals surface area contributed by atoms with Crippen molar-refractivity contribution in [3.63, 3.8) is 0 Å². The fourth-order valence-corrected chi connectivity index (χ4v) is 3.60. The van der Waals surface area contributed by atoms with Gasteiger partial charge in [0.15, 0.2) is 6.61 Å². The first-order valence-electron chi connectivity index (χ1n) is 9.75. The number of amides is 2. The lowest BCUT2D eigenvalue weighted by molar-refractivity contribution is -0.124. The number of hydrogen-bond donors (Lipinski definition) is 2. The molecule has 2 aliphatic rings. The number of ether oxygens (including phenoxy) is 1. The predicted octanol–water partition coefficient (Wildman–Crippen LogP) is 2.46. The second-order valence-electron chi connectivity index (χ2n) is 7.06. The molecule has 2 N–H and O–H groups in total. The van der Waals surface area contributed by atoms with Crippen molar-refractivity contribution in [2.24, 2.45) is 0 Å². The van der Waals surface area contributed by atoms with Crippen LogP contribution in [0.4, 0.5) is 11.4 Å². The number of esters is 1. The summed E-state index contributed by atoms with van der Waals surface area (Å²) >= 11 is 0. The van der Waals surface area contributed by atoms with Crippen molar-refractivity contribution in [2.75, 3.05) is 29.9 Å². The van der Waals surface area contributed by atoms with Crippen LogP contribution in [0.1, 0.15) is 55.8 Å². The highest BCUT2D eigenvalue weighted by molar-refractivity contribution is 6.05. The Morgan fingerprint density at radius 3 is 2.96 bits per heavy atom. The molecule has 1 aromatic carbocycles. The first-order chi connectivity index (χ1) is 13.1. The standard InChI is InChI=1S/C20H27N3O4/c1-2-3-4-5-10-21-18(24)13-27-20(26)14-8-9-16-15(12-14)22-19(25)17-7-6-11-23(16)17/h8-9,12,17H,2-7,10-11,13H2,1H3,(H,21,24)(H,22,25)/t17-/m0/s1. The number of benzene rings is 1. The molecule has 0 aromatic heterocycles. The molecule has 2 heterocycles. The van der Waals surface area contributed by atoms with E-state index < -0.39 is 5.97 Å². The van der Waals surface area contributed by atoms with Crippen LogP contribution >= 0.6 is 0 Å². The largest absolute Gasteiger partial charge is 0.452 e. The van der Waals surface area contributed by atoms with E-state index in [4.69, 9.17) is 4.74 Å². The van der Waals surface area contributed by atoms with Gasteiger partial charge in [-0.05, 0) is 37.5 Å². The maximum Gasteiger partial charge on any atom is 0.338 e. The van der Waals surface area contributed by atoms with E-state index in [-0.39, 0.29) is 24.5 Å². The number of hydrogen-bond acceptors (Lipinski definition) is 5. The summed E-state index contributed by atoms with van der Waals surface area (Å²) in [5.74, 6) is -0.907. The zero-order chi connectivity index (χ0) is 19.2. The second-order valence-corrected chi connectivity index (χ2v) is 7.06. The summed E-state index contributed by atoms with van der Waals surface area (Å²) in [6, 6.07) is 5.01. The molecule has 1 fully saturated rings. The molecular weight excluding hydrogens is 346 g/mol. The maximum absolute atomic E-state index is 12.2. The van der Waals surface area contributed by atoms with Gasteiger partial charge in [-0.15, -0.1) is 0 Å². The van der Waals surface area contributed by atoms with Crippen molar-refractivity contribution in [1.29, 1.82) is 0 Å². The van der Waals surface area contributed by atoms with E-state index in [1.807, 2.05) is 6.07 Å². The van der Waals surface area contributed by atoms with Crippen LogP contribution in [0.3, 0.4) is 0 Å². The molecule has 0 saturated carbocycles. The number of nitrogens with one attached hydrogen (secondary N) is 2. The van der Waals surface area contributed by atoms with Crippen LogP contribution in [0, 0.1) is 0 Å². The van der Waals surface area contributed by atoms with Crippen LogP contribution < -0.4 is 15.5 Å². The average molecular weight is 373 g/mol. The number of nitrogens with zero attached hydrogens (tertiary/aromatic N) is 1. The zero-order valence-corrected chi connectivity index (χ0v) is 15.8. The van der Waals surface area contributed by atoms with Gasteiger partial charge in [-0.25, -0.2) is 4.79 Å². The molecule has 3 rings (SSSR count). The Labute approximate surface area is 159 Å². The van der Waals surface area contributed by atoms with E-state index >= 15 is 0 Å². The summed E-state index contributed by atoms with van der Waals surface area (Å²) in [5, 5.41) is 5.62. The van der Waals surface area contributed by atoms with E-state index in [1.165, 1.54) is 0 Å². The number of carbonyl (C=O) groups excluding carboxylic acids is 3. The highest BCUT2D eigenvalue weighted by Crippen LogP contribution is 2.37. The molecule has 2 amide bonds.